The van der Waals surface area contributed by atoms with Crippen LogP contribution in [-0.4, -0.2) is 0 Å². The van der Waals surface area contributed by atoms with Crippen LogP contribution in [0, 0.1) is 0 Å². The summed E-state index contributed by atoms with van der Waals surface area (Å²) >= 11 is 7.32. The fourth-order valence-corrected chi connectivity index (χ4v) is 4.39. The molecule has 0 saturated heterocycles. The first-order chi connectivity index (χ1) is 14.7. The normalized spacial score (nSPS) is 11.7. The number of allylic oxidation sites excluding steroid dienone is 2. The highest BCUT2D eigenvalue weighted by atomic mass is 79.9. The molecular formula is C28H36Br2. The van der Waals surface area contributed by atoms with E-state index in [1.165, 1.54) is 73.6 Å². The first-order valence-corrected chi connectivity index (χ1v) is 13.2. The molecule has 0 bridgehead atoms. The largest absolute Gasteiger partial charge is 0.0839 e. The van der Waals surface area contributed by atoms with Crippen LogP contribution in [0.5, 0.6) is 0 Å². The Labute approximate surface area is 201 Å². The van der Waals surface area contributed by atoms with E-state index in [9.17, 15) is 0 Å². The van der Waals surface area contributed by atoms with Crippen molar-refractivity contribution < 1.29 is 0 Å². The van der Waals surface area contributed by atoms with Crippen molar-refractivity contribution in [3.8, 4) is 11.1 Å². The Bertz CT molecular complexity index is 748. The maximum Gasteiger partial charge on any atom is 0.0181 e. The van der Waals surface area contributed by atoms with Gasteiger partial charge in [-0.25, -0.2) is 0 Å². The van der Waals surface area contributed by atoms with Crippen LogP contribution in [0.15, 0.2) is 57.5 Å². The van der Waals surface area contributed by atoms with Crippen molar-refractivity contribution >= 4 is 44.0 Å². The van der Waals surface area contributed by atoms with Gasteiger partial charge in [-0.05, 0) is 72.2 Å². The molecule has 0 aliphatic heterocycles. The minimum atomic E-state index is 1.13. The summed E-state index contributed by atoms with van der Waals surface area (Å²) in [4.78, 5) is 0. The second-order valence-electron chi connectivity index (χ2n) is 7.97. The molecule has 0 nitrogen and oxygen atoms in total. The lowest BCUT2D eigenvalue weighted by molar-refractivity contribution is 0.675. The van der Waals surface area contributed by atoms with E-state index in [0.29, 0.717) is 0 Å². The standard InChI is InChI=1S/C28H36Br2/c1-3-5-7-9-11-13-15-23-21-25(29)17-19-27(23)28-20-18-26(30)22-24(28)16-14-12-10-8-6-4-2/h13-22H,3-12H2,1-2H3. The average molecular weight is 532 g/mol. The number of unbranched alkanes of at least 4 members (excludes halogenated alkanes) is 8. The zero-order valence-electron chi connectivity index (χ0n) is 18.6. The molecule has 0 saturated carbocycles. The van der Waals surface area contributed by atoms with Gasteiger partial charge in [0.15, 0.2) is 0 Å². The third-order valence-corrected chi connectivity index (χ3v) is 6.35. The van der Waals surface area contributed by atoms with E-state index in [1.54, 1.807) is 0 Å². The maximum atomic E-state index is 3.66. The molecule has 0 fully saturated rings. The summed E-state index contributed by atoms with van der Waals surface area (Å²) in [5.41, 5.74) is 5.14. The van der Waals surface area contributed by atoms with Gasteiger partial charge in [0.05, 0.1) is 0 Å². The molecule has 0 spiro atoms. The summed E-state index contributed by atoms with van der Waals surface area (Å²) < 4.78 is 2.25. The molecule has 0 amide bonds. The Morgan fingerprint density at radius 3 is 1.43 bits per heavy atom. The van der Waals surface area contributed by atoms with Crippen LogP contribution in [0.4, 0.5) is 0 Å². The van der Waals surface area contributed by atoms with Crippen LogP contribution in [0.2, 0.25) is 0 Å². The molecule has 2 aromatic carbocycles. The lowest BCUT2D eigenvalue weighted by atomic mass is 9.94. The molecule has 0 radical (unpaired) electrons. The molecule has 0 unspecified atom stereocenters. The van der Waals surface area contributed by atoms with Gasteiger partial charge in [-0.1, -0.05) is 121 Å². The van der Waals surface area contributed by atoms with E-state index in [0.717, 1.165) is 21.8 Å². The minimum absolute atomic E-state index is 1.13. The van der Waals surface area contributed by atoms with Gasteiger partial charge in [0.25, 0.3) is 0 Å². The van der Waals surface area contributed by atoms with Crippen LogP contribution < -0.4 is 0 Å². The molecule has 162 valence electrons. The molecular weight excluding hydrogens is 496 g/mol. The van der Waals surface area contributed by atoms with Gasteiger partial charge in [0.2, 0.25) is 0 Å². The fourth-order valence-electron chi connectivity index (χ4n) is 3.63. The molecule has 0 aliphatic rings. The van der Waals surface area contributed by atoms with Crippen molar-refractivity contribution in [2.75, 3.05) is 0 Å². The average Bonchev–Trinajstić information content (AvgIpc) is 2.74. The Morgan fingerprint density at radius 1 is 0.600 bits per heavy atom. The van der Waals surface area contributed by atoms with Crippen molar-refractivity contribution in [2.24, 2.45) is 0 Å². The molecule has 0 N–H and O–H groups in total. The van der Waals surface area contributed by atoms with Crippen molar-refractivity contribution in [3.63, 3.8) is 0 Å². The highest BCUT2D eigenvalue weighted by Crippen LogP contribution is 2.33. The van der Waals surface area contributed by atoms with Crippen LogP contribution in [-0.2, 0) is 0 Å². The summed E-state index contributed by atoms with van der Waals surface area (Å²) in [7, 11) is 0. The maximum absolute atomic E-state index is 3.66. The Kier molecular flexibility index (Phi) is 12.4. The lowest BCUT2D eigenvalue weighted by Crippen LogP contribution is -1.88. The Morgan fingerprint density at radius 2 is 1.03 bits per heavy atom. The summed E-state index contributed by atoms with van der Waals surface area (Å²) in [5, 5.41) is 0. The predicted octanol–water partition coefficient (Wildman–Crippen LogP) is 10.8. The van der Waals surface area contributed by atoms with Crippen molar-refractivity contribution in [3.05, 3.63) is 68.6 Å². The van der Waals surface area contributed by atoms with E-state index in [-0.39, 0.29) is 0 Å². The number of rotatable bonds is 13. The summed E-state index contributed by atoms with van der Waals surface area (Å²) in [6.07, 6.45) is 22.0. The van der Waals surface area contributed by atoms with Gasteiger partial charge in [-0.15, -0.1) is 0 Å². The van der Waals surface area contributed by atoms with Crippen molar-refractivity contribution in [1.82, 2.24) is 0 Å². The van der Waals surface area contributed by atoms with Gasteiger partial charge in [-0.2, -0.15) is 0 Å². The zero-order valence-corrected chi connectivity index (χ0v) is 21.8. The molecule has 0 heterocycles. The van der Waals surface area contributed by atoms with Gasteiger partial charge in [0, 0.05) is 8.95 Å². The topological polar surface area (TPSA) is 0 Å². The van der Waals surface area contributed by atoms with E-state index < -0.39 is 0 Å². The summed E-state index contributed by atoms with van der Waals surface area (Å²) in [6, 6.07) is 13.2. The van der Waals surface area contributed by atoms with E-state index in [1.807, 2.05) is 0 Å². The summed E-state index contributed by atoms with van der Waals surface area (Å²) in [6.45, 7) is 4.53. The fraction of sp³-hybridized carbons (Fsp3) is 0.429. The molecule has 2 rings (SSSR count). The van der Waals surface area contributed by atoms with Crippen LogP contribution in [0.3, 0.4) is 0 Å². The van der Waals surface area contributed by atoms with Crippen LogP contribution >= 0.6 is 31.9 Å². The first-order valence-electron chi connectivity index (χ1n) is 11.6. The highest BCUT2D eigenvalue weighted by Gasteiger charge is 2.08. The molecule has 0 atom stereocenters. The van der Waals surface area contributed by atoms with Crippen molar-refractivity contribution in [1.29, 1.82) is 0 Å². The van der Waals surface area contributed by atoms with E-state index >= 15 is 0 Å². The van der Waals surface area contributed by atoms with Gasteiger partial charge in [-0.3, -0.25) is 0 Å². The highest BCUT2D eigenvalue weighted by molar-refractivity contribution is 9.10. The second-order valence-corrected chi connectivity index (χ2v) is 9.80. The number of halogens is 2. The summed E-state index contributed by atoms with van der Waals surface area (Å²) in [5.74, 6) is 0. The second kappa shape index (κ2) is 14.8. The predicted molar refractivity (Wildman–Crippen MR) is 143 cm³/mol. The molecule has 2 aromatic rings. The quantitative estimate of drug-likeness (QED) is 0.225. The Balaban J connectivity index is 2.21. The number of benzene rings is 2. The smallest absolute Gasteiger partial charge is 0.0181 e. The van der Waals surface area contributed by atoms with Gasteiger partial charge < -0.3 is 0 Å². The van der Waals surface area contributed by atoms with Gasteiger partial charge >= 0.3 is 0 Å². The third kappa shape index (κ3) is 8.94. The number of hydrogen-bond donors (Lipinski definition) is 0. The molecule has 0 aliphatic carbocycles. The lowest BCUT2D eigenvalue weighted by Gasteiger charge is -2.12. The molecule has 2 heteroatoms. The van der Waals surface area contributed by atoms with E-state index in [2.05, 4.69) is 106 Å². The molecule has 0 aromatic heterocycles. The third-order valence-electron chi connectivity index (χ3n) is 5.36. The minimum Gasteiger partial charge on any atom is -0.0839 e. The Hall–Kier alpha value is -1.12. The SMILES string of the molecule is CCCCCCC=Cc1cc(Br)ccc1-c1ccc(Br)cc1C=CCCCCCC. The van der Waals surface area contributed by atoms with Gasteiger partial charge in [0.1, 0.15) is 0 Å². The number of hydrogen-bond acceptors (Lipinski definition) is 0. The van der Waals surface area contributed by atoms with Crippen LogP contribution in [0.25, 0.3) is 23.3 Å². The van der Waals surface area contributed by atoms with E-state index in [4.69, 9.17) is 0 Å². The van der Waals surface area contributed by atoms with Crippen molar-refractivity contribution in [2.45, 2.75) is 78.1 Å². The monoisotopic (exact) mass is 530 g/mol. The first kappa shape index (κ1) is 25.1. The zero-order chi connectivity index (χ0) is 21.6. The molecule has 30 heavy (non-hydrogen) atoms. The van der Waals surface area contributed by atoms with Crippen LogP contribution in [0.1, 0.15) is 89.2 Å².